The van der Waals surface area contributed by atoms with Crippen molar-refractivity contribution in [3.63, 3.8) is 0 Å². The van der Waals surface area contributed by atoms with Crippen molar-refractivity contribution in [2.24, 2.45) is 5.92 Å². The van der Waals surface area contributed by atoms with Crippen molar-refractivity contribution in [2.75, 3.05) is 18.4 Å². The molecule has 0 radical (unpaired) electrons. The smallest absolute Gasteiger partial charge is 0.427 e. The summed E-state index contributed by atoms with van der Waals surface area (Å²) < 4.78 is 46.4. The van der Waals surface area contributed by atoms with Gasteiger partial charge >= 0.3 is 12.3 Å². The highest BCUT2D eigenvalue weighted by atomic mass is 127. The van der Waals surface area contributed by atoms with Crippen molar-refractivity contribution < 1.29 is 37.4 Å². The van der Waals surface area contributed by atoms with Crippen LogP contribution in [0.1, 0.15) is 50.3 Å². The molecular formula is C27H29F3IN3O5. The first-order chi connectivity index (χ1) is 18.1. The van der Waals surface area contributed by atoms with E-state index in [2.05, 4.69) is 27.9 Å². The van der Waals surface area contributed by atoms with Crippen LogP contribution in [0.2, 0.25) is 0 Å². The summed E-state index contributed by atoms with van der Waals surface area (Å²) in [6.07, 6.45) is -5.23. The zero-order valence-corrected chi connectivity index (χ0v) is 23.8. The Balaban J connectivity index is 1.83. The van der Waals surface area contributed by atoms with Crippen molar-refractivity contribution >= 4 is 40.3 Å². The zero-order chi connectivity index (χ0) is 29.0. The van der Waals surface area contributed by atoms with Crippen LogP contribution in [-0.2, 0) is 27.0 Å². The van der Waals surface area contributed by atoms with E-state index in [-0.39, 0.29) is 38.0 Å². The summed E-state index contributed by atoms with van der Waals surface area (Å²) >= 11 is 2.11. The Kier molecular flexibility index (Phi) is 9.51. The van der Waals surface area contributed by atoms with Crippen molar-refractivity contribution in [1.29, 1.82) is 5.26 Å². The Morgan fingerprint density at radius 1 is 1.15 bits per heavy atom. The highest BCUT2D eigenvalue weighted by Crippen LogP contribution is 2.36. The molecule has 0 bridgehead atoms. The van der Waals surface area contributed by atoms with E-state index in [4.69, 9.17) is 14.8 Å². The van der Waals surface area contributed by atoms with Crippen LogP contribution in [0.3, 0.4) is 0 Å². The van der Waals surface area contributed by atoms with Crippen LogP contribution in [0.5, 0.6) is 0 Å². The van der Waals surface area contributed by atoms with Crippen molar-refractivity contribution in [3.8, 4) is 6.07 Å². The first kappa shape index (κ1) is 30.6. The van der Waals surface area contributed by atoms with Gasteiger partial charge in [0.1, 0.15) is 11.2 Å². The van der Waals surface area contributed by atoms with Gasteiger partial charge in [-0.1, -0.05) is 12.1 Å². The molecule has 0 aliphatic carbocycles. The molecule has 1 atom stereocenters. The van der Waals surface area contributed by atoms with E-state index < -0.39 is 46.5 Å². The lowest BCUT2D eigenvalue weighted by atomic mass is 9.76. The van der Waals surface area contributed by atoms with Gasteiger partial charge in [-0.15, -0.1) is 5.06 Å². The summed E-state index contributed by atoms with van der Waals surface area (Å²) in [5.74, 6) is -1.47. The third kappa shape index (κ3) is 8.30. The molecular weight excluding hydrogens is 630 g/mol. The van der Waals surface area contributed by atoms with Gasteiger partial charge in [-0.05, 0) is 98.0 Å². The van der Waals surface area contributed by atoms with Gasteiger partial charge in [0.05, 0.1) is 17.2 Å². The van der Waals surface area contributed by atoms with Gasteiger partial charge in [0.25, 0.3) is 5.91 Å². The van der Waals surface area contributed by atoms with Crippen molar-refractivity contribution in [1.82, 2.24) is 5.06 Å². The normalized spacial score (nSPS) is 16.6. The molecule has 1 heterocycles. The number of nitrogens with zero attached hydrogens (tertiary/aromatic N) is 2. The minimum atomic E-state index is -4.80. The Morgan fingerprint density at radius 2 is 1.82 bits per heavy atom. The van der Waals surface area contributed by atoms with Gasteiger partial charge in [-0.2, -0.15) is 18.4 Å². The summed E-state index contributed by atoms with van der Waals surface area (Å²) in [5.41, 5.74) is -4.02. The number of piperidine rings is 1. The molecule has 0 saturated carbocycles. The Labute approximate surface area is 238 Å². The van der Waals surface area contributed by atoms with Crippen molar-refractivity contribution in [3.05, 3.63) is 62.7 Å². The molecule has 2 aromatic rings. The number of carbonyl (C=O) groups excluding carboxylic acids is 2. The molecule has 210 valence electrons. The van der Waals surface area contributed by atoms with E-state index in [0.717, 1.165) is 9.64 Å². The fourth-order valence-corrected chi connectivity index (χ4v) is 4.97. The molecule has 1 saturated heterocycles. The second-order valence-corrected chi connectivity index (χ2v) is 11.6. The number of alkyl halides is 3. The fraction of sp³-hybridized carbons (Fsp3) is 0.444. The molecule has 1 unspecified atom stereocenters. The number of halogens is 4. The number of hydrogen-bond donors (Lipinski definition) is 2. The predicted molar refractivity (Wildman–Crippen MR) is 144 cm³/mol. The number of carbonyl (C=O) groups is 2. The summed E-state index contributed by atoms with van der Waals surface area (Å²) in [6, 6.07) is 11.5. The third-order valence-electron chi connectivity index (χ3n) is 6.18. The van der Waals surface area contributed by atoms with Gasteiger partial charge in [0, 0.05) is 28.8 Å². The first-order valence-electron chi connectivity index (χ1n) is 12.2. The molecule has 1 amide bonds. The number of benzene rings is 2. The monoisotopic (exact) mass is 659 g/mol. The van der Waals surface area contributed by atoms with Gasteiger partial charge in [0.2, 0.25) is 0 Å². The molecule has 0 spiro atoms. The van der Waals surface area contributed by atoms with E-state index in [0.29, 0.717) is 11.6 Å². The maximum Gasteiger partial charge on any atom is 0.528 e. The highest BCUT2D eigenvalue weighted by Gasteiger charge is 2.46. The minimum absolute atomic E-state index is 0.0876. The number of hydroxylamine groups is 2. The minimum Gasteiger partial charge on any atom is -0.427 e. The number of amides is 1. The third-order valence-corrected chi connectivity index (χ3v) is 6.85. The Morgan fingerprint density at radius 3 is 2.38 bits per heavy atom. The molecule has 1 aliphatic rings. The van der Waals surface area contributed by atoms with Crippen LogP contribution in [0.25, 0.3) is 0 Å². The number of hydrogen-bond acceptors (Lipinski definition) is 7. The average molecular weight is 659 g/mol. The van der Waals surface area contributed by atoms with E-state index in [1.807, 2.05) is 12.1 Å². The van der Waals surface area contributed by atoms with Crippen LogP contribution < -0.4 is 5.32 Å². The average Bonchev–Trinajstić information content (AvgIpc) is 2.82. The summed E-state index contributed by atoms with van der Waals surface area (Å²) in [5, 5.41) is 24.7. The standard InChI is InChI=1S/C27H29F3IN3O5/c1-25(2,3)38-24(36)39-34-11-9-19(10-12-34)26(37,15-17-5-4-6-20(31)13-17)23(35)33-21-8-7-18(16-32)22(14-21)27(28,29)30/h4-8,13-14,19,37H,9-12,15H2,1-3H3,(H,33,35). The number of aliphatic hydroxyl groups is 1. The summed E-state index contributed by atoms with van der Waals surface area (Å²) in [7, 11) is 0. The lowest BCUT2D eigenvalue weighted by Gasteiger charge is -2.40. The fourth-order valence-electron chi connectivity index (χ4n) is 4.36. The number of nitriles is 1. The molecule has 8 nitrogen and oxygen atoms in total. The zero-order valence-electron chi connectivity index (χ0n) is 21.6. The number of anilines is 1. The van der Waals surface area contributed by atoms with Gasteiger partial charge < -0.3 is 20.0 Å². The largest absolute Gasteiger partial charge is 0.528 e. The Hall–Kier alpha value is -2.89. The van der Waals surface area contributed by atoms with Crippen molar-refractivity contribution in [2.45, 2.75) is 57.4 Å². The highest BCUT2D eigenvalue weighted by molar-refractivity contribution is 14.1. The SMILES string of the molecule is CC(C)(C)OC(=O)ON1CCC(C(O)(Cc2cccc(I)c2)C(=O)Nc2ccc(C#N)c(C(F)(F)F)c2)CC1. The summed E-state index contributed by atoms with van der Waals surface area (Å²) in [4.78, 5) is 30.8. The molecule has 0 aromatic heterocycles. The number of nitrogens with one attached hydrogen (secondary N) is 1. The van der Waals surface area contributed by atoms with Gasteiger partial charge in [-0.25, -0.2) is 4.79 Å². The summed E-state index contributed by atoms with van der Waals surface area (Å²) in [6.45, 7) is 5.53. The lowest BCUT2D eigenvalue weighted by molar-refractivity contribution is -0.171. The molecule has 3 rings (SSSR count). The van der Waals surface area contributed by atoms with Crippen LogP contribution in [0.15, 0.2) is 42.5 Å². The van der Waals surface area contributed by atoms with Crippen LogP contribution in [0, 0.1) is 20.8 Å². The second kappa shape index (κ2) is 12.1. The van der Waals surface area contributed by atoms with Crippen LogP contribution >= 0.6 is 22.6 Å². The molecule has 12 heteroatoms. The Bertz CT molecular complexity index is 1250. The maximum atomic E-state index is 13.5. The first-order valence-corrected chi connectivity index (χ1v) is 13.2. The quantitative estimate of drug-likeness (QED) is 0.304. The molecule has 1 aliphatic heterocycles. The topological polar surface area (TPSA) is 112 Å². The predicted octanol–water partition coefficient (Wildman–Crippen LogP) is 5.67. The van der Waals surface area contributed by atoms with E-state index >= 15 is 0 Å². The molecule has 39 heavy (non-hydrogen) atoms. The van der Waals surface area contributed by atoms with Crippen LogP contribution in [0.4, 0.5) is 23.7 Å². The van der Waals surface area contributed by atoms with Gasteiger partial charge in [0.15, 0.2) is 0 Å². The van der Waals surface area contributed by atoms with E-state index in [1.54, 1.807) is 32.9 Å². The molecule has 2 N–H and O–H groups in total. The molecule has 1 fully saturated rings. The second-order valence-electron chi connectivity index (χ2n) is 10.3. The number of ether oxygens (including phenoxy) is 1. The van der Waals surface area contributed by atoms with E-state index in [9.17, 15) is 27.9 Å². The number of rotatable bonds is 6. The molecule has 2 aromatic carbocycles. The van der Waals surface area contributed by atoms with Crippen LogP contribution in [-0.4, -0.2) is 46.5 Å². The lowest BCUT2D eigenvalue weighted by Crippen LogP contribution is -2.54. The maximum absolute atomic E-state index is 13.5. The van der Waals surface area contributed by atoms with Gasteiger partial charge in [-0.3, -0.25) is 4.79 Å². The van der Waals surface area contributed by atoms with E-state index in [1.165, 1.54) is 17.2 Å².